The predicted molar refractivity (Wildman–Crippen MR) is 72.3 cm³/mol. The van der Waals surface area contributed by atoms with Crippen molar-refractivity contribution in [1.82, 2.24) is 9.80 Å². The van der Waals surface area contributed by atoms with E-state index < -0.39 is 19.7 Å². The van der Waals surface area contributed by atoms with E-state index in [4.69, 9.17) is 9.79 Å². The van der Waals surface area contributed by atoms with E-state index in [0.29, 0.717) is 6.17 Å². The zero-order valence-corrected chi connectivity index (χ0v) is 12.7. The quantitative estimate of drug-likeness (QED) is 0.585. The van der Waals surface area contributed by atoms with Crippen LogP contribution in [0.25, 0.3) is 0 Å². The molecule has 2 N–H and O–H groups in total. The molecule has 1 aliphatic rings. The third kappa shape index (κ3) is 8.64. The Morgan fingerprint density at radius 2 is 2.00 bits per heavy atom. The number of hydrogen-bond donors (Lipinski definition) is 2. The van der Waals surface area contributed by atoms with Crippen LogP contribution in [-0.4, -0.2) is 58.1 Å². The van der Waals surface area contributed by atoms with Crippen molar-refractivity contribution in [3.8, 4) is 0 Å². The third-order valence-electron chi connectivity index (χ3n) is 2.62. The molecule has 0 spiro atoms. The van der Waals surface area contributed by atoms with Crippen molar-refractivity contribution in [1.29, 1.82) is 0 Å². The minimum Gasteiger partial charge on any atom is -0.465 e. The van der Waals surface area contributed by atoms with Gasteiger partial charge in [-0.15, -0.1) is 0 Å². The predicted octanol–water partition coefficient (Wildman–Crippen LogP) is 0.798. The van der Waals surface area contributed by atoms with E-state index in [1.54, 1.807) is 0 Å². The summed E-state index contributed by atoms with van der Waals surface area (Å²) in [5.74, 6) is -0.534. The maximum atomic E-state index is 10.1. The first kappa shape index (κ1) is 18.0. The number of carbonyl (C=O) groups excluding carboxylic acids is 1. The lowest BCUT2D eigenvalue weighted by Crippen LogP contribution is -2.33. The van der Waals surface area contributed by atoms with Crippen LogP contribution in [0.4, 0.5) is 0 Å². The van der Waals surface area contributed by atoms with E-state index in [-0.39, 0.29) is 6.61 Å². The van der Waals surface area contributed by atoms with Crippen LogP contribution in [0.1, 0.15) is 20.8 Å². The van der Waals surface area contributed by atoms with Crippen LogP contribution in [0.3, 0.4) is 0 Å². The van der Waals surface area contributed by atoms with E-state index in [1.807, 2.05) is 0 Å². The molecule has 0 amide bonds. The van der Waals surface area contributed by atoms with E-state index in [0.717, 1.165) is 6.54 Å². The second-order valence-corrected chi connectivity index (χ2v) is 5.93. The lowest BCUT2D eigenvalue weighted by molar-refractivity contribution is -0.140. The molecule has 112 valence electrons. The average Bonchev–Trinajstić information content (AvgIpc) is 2.58. The normalized spacial score (nSPS) is 18.1. The van der Waals surface area contributed by atoms with Gasteiger partial charge in [0.1, 0.15) is 6.61 Å². The third-order valence-corrected chi connectivity index (χ3v) is 3.38. The van der Waals surface area contributed by atoms with Crippen LogP contribution < -0.4 is 0 Å². The minimum absolute atomic E-state index is 0.223. The van der Waals surface area contributed by atoms with Gasteiger partial charge in [-0.1, -0.05) is 0 Å². The first-order valence-corrected chi connectivity index (χ1v) is 7.81. The van der Waals surface area contributed by atoms with Crippen molar-refractivity contribution in [3.05, 3.63) is 12.4 Å². The lowest BCUT2D eigenvalue weighted by atomic mass is 10.5. The van der Waals surface area contributed by atoms with Gasteiger partial charge in [0.05, 0.1) is 12.3 Å². The lowest BCUT2D eigenvalue weighted by Gasteiger charge is -2.25. The number of hydrogen-bond acceptors (Lipinski definition) is 5. The monoisotopic (exact) mass is 294 g/mol. The van der Waals surface area contributed by atoms with Crippen molar-refractivity contribution in [2.24, 2.45) is 0 Å². The van der Waals surface area contributed by atoms with Gasteiger partial charge in [0.15, 0.2) is 0 Å². The van der Waals surface area contributed by atoms with Gasteiger partial charge in [-0.2, -0.15) is 0 Å². The fourth-order valence-corrected chi connectivity index (χ4v) is 1.68. The Morgan fingerprint density at radius 3 is 2.26 bits per heavy atom. The fraction of sp³-hybridized carbons (Fsp3) is 0.727. The second kappa shape index (κ2) is 8.19. The van der Waals surface area contributed by atoms with E-state index in [2.05, 4.69) is 47.8 Å². The Balaban J connectivity index is 0.000000342. The summed E-state index contributed by atoms with van der Waals surface area (Å²) in [6, 6.07) is 0. The Bertz CT molecular complexity index is 355. The summed E-state index contributed by atoms with van der Waals surface area (Å²) < 4.78 is 14.4. The summed E-state index contributed by atoms with van der Waals surface area (Å²) in [7, 11) is -1.91. The standard InChI is InChI=1S/C7H14N2.C4H9O5P/c1-4-9-6-5-8(3)7(9)2;1-4(5)9-2-3-10(6,7)8/h5-7H,4H2,1-3H3;2-3H2,1H3,(H2,6,7,8). The number of esters is 1. The molecule has 8 heteroatoms. The highest BCUT2D eigenvalue weighted by molar-refractivity contribution is 7.51. The van der Waals surface area contributed by atoms with Crippen LogP contribution in [0.5, 0.6) is 0 Å². The van der Waals surface area contributed by atoms with Gasteiger partial charge >= 0.3 is 13.6 Å². The molecule has 0 aromatic rings. The van der Waals surface area contributed by atoms with Crippen LogP contribution >= 0.6 is 7.60 Å². The van der Waals surface area contributed by atoms with Gasteiger partial charge in [0, 0.05) is 32.9 Å². The molecule has 0 aromatic carbocycles. The zero-order valence-electron chi connectivity index (χ0n) is 11.8. The average molecular weight is 294 g/mol. The number of nitrogens with zero attached hydrogens (tertiary/aromatic N) is 2. The number of carbonyl (C=O) groups is 1. The molecular weight excluding hydrogens is 271 g/mol. The summed E-state index contributed by atoms with van der Waals surface area (Å²) in [5, 5.41) is 0. The maximum Gasteiger partial charge on any atom is 0.328 e. The highest BCUT2D eigenvalue weighted by Crippen LogP contribution is 2.33. The summed E-state index contributed by atoms with van der Waals surface area (Å²) in [6.07, 6.45) is 4.38. The van der Waals surface area contributed by atoms with Gasteiger partial charge in [-0.05, 0) is 13.8 Å². The summed E-state index contributed by atoms with van der Waals surface area (Å²) >= 11 is 0. The fourth-order valence-electron chi connectivity index (χ4n) is 1.35. The number of rotatable bonds is 4. The van der Waals surface area contributed by atoms with Crippen LogP contribution in [0, 0.1) is 0 Å². The molecule has 0 saturated carbocycles. The van der Waals surface area contributed by atoms with Crippen molar-refractivity contribution >= 4 is 13.6 Å². The van der Waals surface area contributed by atoms with Crippen LogP contribution in [0.2, 0.25) is 0 Å². The molecule has 1 rings (SSSR count). The first-order valence-electron chi connectivity index (χ1n) is 6.01. The molecule has 1 atom stereocenters. The molecule has 0 bridgehead atoms. The largest absolute Gasteiger partial charge is 0.465 e. The molecular formula is C11H23N2O5P. The van der Waals surface area contributed by atoms with Crippen molar-refractivity contribution in [3.63, 3.8) is 0 Å². The van der Waals surface area contributed by atoms with Crippen molar-refractivity contribution in [2.45, 2.75) is 26.9 Å². The molecule has 1 aliphatic heterocycles. The highest BCUT2D eigenvalue weighted by Gasteiger charge is 2.15. The minimum atomic E-state index is -4.00. The van der Waals surface area contributed by atoms with Gasteiger partial charge in [-0.3, -0.25) is 9.36 Å². The van der Waals surface area contributed by atoms with E-state index >= 15 is 0 Å². The molecule has 1 heterocycles. The first-order chi connectivity index (χ1) is 8.67. The van der Waals surface area contributed by atoms with Crippen LogP contribution in [-0.2, 0) is 14.1 Å². The molecule has 0 fully saturated rings. The Labute approximate surface area is 114 Å². The van der Waals surface area contributed by atoms with Crippen molar-refractivity contribution < 1.29 is 23.9 Å². The summed E-state index contributed by atoms with van der Waals surface area (Å²) in [6.45, 7) is 6.42. The van der Waals surface area contributed by atoms with Gasteiger partial charge in [0.2, 0.25) is 0 Å². The van der Waals surface area contributed by atoms with Crippen LogP contribution in [0.15, 0.2) is 12.4 Å². The maximum absolute atomic E-state index is 10.1. The molecule has 0 aliphatic carbocycles. The van der Waals surface area contributed by atoms with E-state index in [1.165, 1.54) is 6.92 Å². The SMILES string of the molecule is CC(=O)OCCP(=O)(O)O.CCN1C=CN(C)C1C. The Hall–Kier alpha value is -1.04. The van der Waals surface area contributed by atoms with Crippen molar-refractivity contribution in [2.75, 3.05) is 26.4 Å². The molecule has 0 aromatic heterocycles. The highest BCUT2D eigenvalue weighted by atomic mass is 31.2. The molecule has 0 saturated heterocycles. The topological polar surface area (TPSA) is 90.3 Å². The molecule has 7 nitrogen and oxygen atoms in total. The van der Waals surface area contributed by atoms with Gasteiger partial charge in [-0.25, -0.2) is 0 Å². The second-order valence-electron chi connectivity index (χ2n) is 4.15. The summed E-state index contributed by atoms with van der Waals surface area (Å²) in [4.78, 5) is 31.0. The van der Waals surface area contributed by atoms with E-state index in [9.17, 15) is 9.36 Å². The summed E-state index contributed by atoms with van der Waals surface area (Å²) in [5.41, 5.74) is 0. The van der Waals surface area contributed by atoms with Gasteiger partial charge in [0.25, 0.3) is 0 Å². The Morgan fingerprint density at radius 1 is 1.42 bits per heavy atom. The Kier molecular flexibility index (Phi) is 7.75. The molecule has 1 unspecified atom stereocenters. The molecule has 0 radical (unpaired) electrons. The number of ether oxygens (including phenoxy) is 1. The zero-order chi connectivity index (χ0) is 15.1. The smallest absolute Gasteiger partial charge is 0.328 e. The van der Waals surface area contributed by atoms with Gasteiger partial charge < -0.3 is 24.3 Å². The molecule has 19 heavy (non-hydrogen) atoms.